The van der Waals surface area contributed by atoms with Crippen molar-refractivity contribution < 1.29 is 8.78 Å². The molecule has 0 bridgehead atoms. The Kier molecular flexibility index (Phi) is 4.37. The Hall–Kier alpha value is -1.37. The van der Waals surface area contributed by atoms with E-state index in [1.807, 2.05) is 24.0 Å². The van der Waals surface area contributed by atoms with Crippen molar-refractivity contribution in [3.05, 3.63) is 18.6 Å². The molecule has 0 saturated heterocycles. The number of nitrogens with one attached hydrogen (secondary N) is 1. The van der Waals surface area contributed by atoms with Gasteiger partial charge >= 0.3 is 0 Å². The Morgan fingerprint density at radius 3 is 2.83 bits per heavy atom. The normalized spacial score (nSPS) is 29.5. The van der Waals surface area contributed by atoms with Crippen molar-refractivity contribution in [3.63, 3.8) is 0 Å². The van der Waals surface area contributed by atoms with Gasteiger partial charge in [0, 0.05) is 30.5 Å². The van der Waals surface area contributed by atoms with E-state index in [0.717, 1.165) is 35.4 Å². The van der Waals surface area contributed by atoms with Crippen LogP contribution in [0.1, 0.15) is 25.7 Å². The van der Waals surface area contributed by atoms with E-state index in [1.54, 1.807) is 6.33 Å². The zero-order valence-corrected chi connectivity index (χ0v) is 14.5. The summed E-state index contributed by atoms with van der Waals surface area (Å²) >= 11 is 1.90. The molecular weight excluding hydrogens is 330 g/mol. The molecule has 0 radical (unpaired) electrons. The van der Waals surface area contributed by atoms with Gasteiger partial charge in [0.2, 0.25) is 6.43 Å². The molecular formula is C17H22F2N4S. The Morgan fingerprint density at radius 1 is 1.29 bits per heavy atom. The molecule has 2 fully saturated rings. The summed E-state index contributed by atoms with van der Waals surface area (Å²) in [6.45, 7) is 0. The first-order chi connectivity index (χ1) is 11.6. The summed E-state index contributed by atoms with van der Waals surface area (Å²) in [5.74, 6) is 2.45. The second-order valence-electron chi connectivity index (χ2n) is 7.06. The first-order valence-electron chi connectivity index (χ1n) is 8.52. The van der Waals surface area contributed by atoms with E-state index < -0.39 is 6.43 Å². The van der Waals surface area contributed by atoms with E-state index in [0.29, 0.717) is 30.1 Å². The number of aromatic amines is 1. The number of nitrogens with zero attached hydrogens (tertiary/aromatic N) is 3. The fourth-order valence-corrected chi connectivity index (χ4v) is 5.27. The van der Waals surface area contributed by atoms with Crippen LogP contribution in [0.3, 0.4) is 0 Å². The van der Waals surface area contributed by atoms with E-state index >= 15 is 0 Å². The van der Waals surface area contributed by atoms with Crippen LogP contribution >= 0.6 is 11.8 Å². The van der Waals surface area contributed by atoms with Gasteiger partial charge in [-0.05, 0) is 43.4 Å². The summed E-state index contributed by atoms with van der Waals surface area (Å²) in [4.78, 5) is 14.1. The first-order valence-corrected chi connectivity index (χ1v) is 9.57. The quantitative estimate of drug-likeness (QED) is 0.855. The maximum Gasteiger partial charge on any atom is 0.241 e. The molecule has 0 aliphatic heterocycles. The first kappa shape index (κ1) is 16.1. The summed E-state index contributed by atoms with van der Waals surface area (Å²) in [7, 11) is 2.10. The number of H-pyrrole nitrogens is 1. The summed E-state index contributed by atoms with van der Waals surface area (Å²) < 4.78 is 25.0. The van der Waals surface area contributed by atoms with Gasteiger partial charge in [-0.2, -0.15) is 11.8 Å². The molecule has 2 aliphatic carbocycles. The number of thioether (sulfide) groups is 1. The van der Waals surface area contributed by atoms with Gasteiger partial charge in [-0.25, -0.2) is 18.7 Å². The van der Waals surface area contributed by atoms with Gasteiger partial charge in [-0.15, -0.1) is 0 Å². The smallest absolute Gasteiger partial charge is 0.241 e. The SMILES string of the molecule is CN(c1ncnc2[nH]ccc12)[C@H]1C[C@@H](CSC2CC(C(F)F)C2)C1. The number of hydrogen-bond acceptors (Lipinski definition) is 4. The lowest BCUT2D eigenvalue weighted by Gasteiger charge is -2.43. The molecule has 2 aromatic heterocycles. The van der Waals surface area contributed by atoms with Gasteiger partial charge < -0.3 is 9.88 Å². The fraction of sp³-hybridized carbons (Fsp3) is 0.647. The predicted molar refractivity (Wildman–Crippen MR) is 93.8 cm³/mol. The van der Waals surface area contributed by atoms with E-state index in [9.17, 15) is 8.78 Å². The third kappa shape index (κ3) is 2.98. The van der Waals surface area contributed by atoms with E-state index in [2.05, 4.69) is 26.9 Å². The number of anilines is 1. The third-order valence-electron chi connectivity index (χ3n) is 5.48. The van der Waals surface area contributed by atoms with Crippen LogP contribution in [-0.4, -0.2) is 45.5 Å². The van der Waals surface area contributed by atoms with Gasteiger partial charge in [0.15, 0.2) is 0 Å². The molecule has 1 N–H and O–H groups in total. The van der Waals surface area contributed by atoms with Gasteiger partial charge in [0.1, 0.15) is 17.8 Å². The molecule has 0 unspecified atom stereocenters. The van der Waals surface area contributed by atoms with E-state index in [4.69, 9.17) is 0 Å². The number of fused-ring (bicyclic) bond motifs is 1. The Bertz CT molecular complexity index is 695. The fourth-order valence-electron chi connectivity index (χ4n) is 3.69. The number of alkyl halides is 2. The second kappa shape index (κ2) is 6.50. The van der Waals surface area contributed by atoms with Crippen LogP contribution in [0.2, 0.25) is 0 Å². The van der Waals surface area contributed by atoms with Crippen LogP contribution in [0, 0.1) is 11.8 Å². The molecule has 0 spiro atoms. The van der Waals surface area contributed by atoms with Crippen LogP contribution < -0.4 is 4.90 Å². The predicted octanol–water partition coefficient (Wildman–Crippen LogP) is 3.95. The molecule has 130 valence electrons. The van der Waals surface area contributed by atoms with Crippen molar-refractivity contribution in [1.82, 2.24) is 15.0 Å². The average Bonchev–Trinajstić information content (AvgIpc) is 2.94. The van der Waals surface area contributed by atoms with Crippen molar-refractivity contribution in [1.29, 1.82) is 0 Å². The standard InChI is InChI=1S/C17H22F2N4S/c1-23(17-14-2-3-20-16(14)21-9-22-17)12-4-10(5-12)8-24-13-6-11(7-13)15(18)19/h2-3,9-13,15H,4-8H2,1H3,(H,20,21,22)/t10-,11?,12+,13?. The summed E-state index contributed by atoms with van der Waals surface area (Å²) in [6.07, 6.45) is 5.08. The topological polar surface area (TPSA) is 44.8 Å². The molecule has 24 heavy (non-hydrogen) atoms. The summed E-state index contributed by atoms with van der Waals surface area (Å²) in [6, 6.07) is 2.53. The van der Waals surface area contributed by atoms with Gasteiger partial charge in [-0.1, -0.05) is 0 Å². The van der Waals surface area contributed by atoms with Crippen molar-refractivity contribution in [2.75, 3.05) is 17.7 Å². The minimum absolute atomic E-state index is 0.343. The molecule has 0 atom stereocenters. The minimum atomic E-state index is -2.12. The second-order valence-corrected chi connectivity index (χ2v) is 8.39. The van der Waals surface area contributed by atoms with Crippen molar-refractivity contribution >= 4 is 28.6 Å². The monoisotopic (exact) mass is 352 g/mol. The van der Waals surface area contributed by atoms with E-state index in [-0.39, 0.29) is 5.92 Å². The highest BCUT2D eigenvalue weighted by Crippen LogP contribution is 2.43. The highest BCUT2D eigenvalue weighted by Gasteiger charge is 2.38. The highest BCUT2D eigenvalue weighted by atomic mass is 32.2. The zero-order valence-electron chi connectivity index (χ0n) is 13.7. The summed E-state index contributed by atoms with van der Waals surface area (Å²) in [5.41, 5.74) is 0.872. The van der Waals surface area contributed by atoms with Crippen molar-refractivity contribution in [3.8, 4) is 0 Å². The Balaban J connectivity index is 1.25. The van der Waals surface area contributed by atoms with Crippen LogP contribution in [0.5, 0.6) is 0 Å². The maximum atomic E-state index is 12.5. The molecule has 2 saturated carbocycles. The maximum absolute atomic E-state index is 12.5. The molecule has 7 heteroatoms. The number of hydrogen-bond donors (Lipinski definition) is 1. The third-order valence-corrected chi connectivity index (χ3v) is 7.00. The lowest BCUT2D eigenvalue weighted by Crippen LogP contribution is -2.44. The van der Waals surface area contributed by atoms with Crippen LogP contribution in [0.4, 0.5) is 14.6 Å². The zero-order chi connectivity index (χ0) is 16.7. The lowest BCUT2D eigenvalue weighted by atomic mass is 9.80. The van der Waals surface area contributed by atoms with Crippen LogP contribution in [0.25, 0.3) is 11.0 Å². The van der Waals surface area contributed by atoms with Crippen LogP contribution in [-0.2, 0) is 0 Å². The lowest BCUT2D eigenvalue weighted by molar-refractivity contribution is 0.0377. The molecule has 2 aliphatic rings. The highest BCUT2D eigenvalue weighted by molar-refractivity contribution is 7.99. The van der Waals surface area contributed by atoms with Crippen LogP contribution in [0.15, 0.2) is 18.6 Å². The average molecular weight is 352 g/mol. The Morgan fingerprint density at radius 2 is 2.08 bits per heavy atom. The largest absolute Gasteiger partial charge is 0.356 e. The van der Waals surface area contributed by atoms with Gasteiger partial charge in [-0.3, -0.25) is 0 Å². The Labute approximate surface area is 144 Å². The number of rotatable bonds is 6. The summed E-state index contributed by atoms with van der Waals surface area (Å²) in [5, 5.41) is 1.52. The molecule has 0 amide bonds. The van der Waals surface area contributed by atoms with Crippen molar-refractivity contribution in [2.45, 2.75) is 43.4 Å². The minimum Gasteiger partial charge on any atom is -0.356 e. The number of halogens is 2. The van der Waals surface area contributed by atoms with E-state index in [1.165, 1.54) is 0 Å². The molecule has 4 rings (SSSR count). The number of aromatic nitrogens is 3. The van der Waals surface area contributed by atoms with Crippen molar-refractivity contribution in [2.24, 2.45) is 11.8 Å². The van der Waals surface area contributed by atoms with Gasteiger partial charge in [0.05, 0.1) is 5.39 Å². The van der Waals surface area contributed by atoms with Gasteiger partial charge in [0.25, 0.3) is 0 Å². The molecule has 4 nitrogen and oxygen atoms in total. The molecule has 2 heterocycles. The molecule has 2 aromatic rings. The molecule has 0 aromatic carbocycles.